The Kier molecular flexibility index (Phi) is 5.07. The van der Waals surface area contributed by atoms with Gasteiger partial charge < -0.3 is 14.4 Å². The lowest BCUT2D eigenvalue weighted by molar-refractivity contribution is 0.0697. The highest BCUT2D eigenvalue weighted by Gasteiger charge is 2.21. The molecule has 0 amide bonds. The van der Waals surface area contributed by atoms with Crippen LogP contribution in [0.4, 0.5) is 4.39 Å². The third-order valence-corrected chi connectivity index (χ3v) is 4.44. The van der Waals surface area contributed by atoms with Gasteiger partial charge in [0, 0.05) is 11.8 Å². The monoisotopic (exact) mass is 353 g/mol. The Balaban J connectivity index is 2.23. The Morgan fingerprint density at radius 1 is 1.19 bits per heavy atom. The number of aromatic carboxylic acids is 1. The lowest BCUT2D eigenvalue weighted by Gasteiger charge is -2.22. The molecule has 0 radical (unpaired) electrons. The molecule has 0 spiro atoms. The van der Waals surface area contributed by atoms with Crippen molar-refractivity contribution in [3.63, 3.8) is 0 Å². The molecule has 5 heteroatoms. The molecule has 1 N–H and O–H groups in total. The number of aromatic nitrogens is 1. The van der Waals surface area contributed by atoms with E-state index >= 15 is 0 Å². The molecule has 0 bridgehead atoms. The van der Waals surface area contributed by atoms with Crippen molar-refractivity contribution in [2.45, 2.75) is 19.4 Å². The molecular formula is C21H20FNO3. The van der Waals surface area contributed by atoms with Gasteiger partial charge >= 0.3 is 5.97 Å². The molecule has 0 unspecified atom stereocenters. The van der Waals surface area contributed by atoms with Crippen LogP contribution in [0.5, 0.6) is 5.75 Å². The summed E-state index contributed by atoms with van der Waals surface area (Å²) >= 11 is 0. The zero-order chi connectivity index (χ0) is 18.7. The van der Waals surface area contributed by atoms with Crippen molar-refractivity contribution in [3.8, 4) is 17.0 Å². The van der Waals surface area contributed by atoms with Gasteiger partial charge in [0.25, 0.3) is 0 Å². The van der Waals surface area contributed by atoms with Gasteiger partial charge in [-0.3, -0.25) is 0 Å². The number of rotatable bonds is 6. The minimum absolute atomic E-state index is 0.0766. The second-order valence-corrected chi connectivity index (χ2v) is 6.01. The summed E-state index contributed by atoms with van der Waals surface area (Å²) in [6.45, 7) is 2.03. The largest absolute Gasteiger partial charge is 0.496 e. The molecule has 0 saturated heterocycles. The predicted octanol–water partition coefficient (Wildman–Crippen LogP) is 5.00. The van der Waals surface area contributed by atoms with Crippen LogP contribution in [0.3, 0.4) is 0 Å². The predicted molar refractivity (Wildman–Crippen MR) is 98.2 cm³/mol. The Hall–Kier alpha value is -3.08. The van der Waals surface area contributed by atoms with Gasteiger partial charge in [0.1, 0.15) is 11.6 Å². The minimum atomic E-state index is -1.02. The molecule has 4 nitrogen and oxygen atoms in total. The maximum atomic E-state index is 13.9. The summed E-state index contributed by atoms with van der Waals surface area (Å²) in [4.78, 5) is 11.5. The van der Waals surface area contributed by atoms with E-state index in [1.165, 1.54) is 19.2 Å². The number of hydrogen-bond acceptors (Lipinski definition) is 2. The highest BCUT2D eigenvalue weighted by molar-refractivity contribution is 5.90. The fraction of sp³-hybridized carbons (Fsp3) is 0.190. The minimum Gasteiger partial charge on any atom is -0.496 e. The van der Waals surface area contributed by atoms with Crippen molar-refractivity contribution in [2.24, 2.45) is 0 Å². The molecule has 0 aliphatic rings. The Bertz CT molecular complexity index is 918. The lowest BCUT2D eigenvalue weighted by atomic mass is 10.0. The standard InChI is InChI=1S/C21H20FNO3/c1-3-18(14-7-5-4-6-8-14)23-13-15(21(24)25)11-19(23)17-12-16(22)9-10-20(17)26-2/h4-13,18H,3H2,1-2H3,(H,24,25)/t18-/m0/s1. The molecule has 0 aliphatic carbocycles. The third kappa shape index (κ3) is 3.33. The van der Waals surface area contributed by atoms with Gasteiger partial charge in [-0.15, -0.1) is 0 Å². The van der Waals surface area contributed by atoms with E-state index in [1.807, 2.05) is 41.8 Å². The molecule has 0 saturated carbocycles. The molecule has 2 aromatic carbocycles. The number of carbonyl (C=O) groups is 1. The van der Waals surface area contributed by atoms with Crippen LogP contribution in [-0.4, -0.2) is 22.8 Å². The first-order chi connectivity index (χ1) is 12.5. The van der Waals surface area contributed by atoms with Gasteiger partial charge in [0.15, 0.2) is 0 Å². The first-order valence-corrected chi connectivity index (χ1v) is 8.39. The quantitative estimate of drug-likeness (QED) is 0.678. The molecule has 0 fully saturated rings. The second-order valence-electron chi connectivity index (χ2n) is 6.01. The molecule has 134 valence electrons. The van der Waals surface area contributed by atoms with Crippen LogP contribution in [0.1, 0.15) is 35.3 Å². The fourth-order valence-electron chi connectivity index (χ4n) is 3.22. The van der Waals surface area contributed by atoms with Crippen LogP contribution in [0.2, 0.25) is 0 Å². The van der Waals surface area contributed by atoms with Crippen molar-refractivity contribution in [1.82, 2.24) is 4.57 Å². The van der Waals surface area contributed by atoms with E-state index in [4.69, 9.17) is 4.74 Å². The van der Waals surface area contributed by atoms with Gasteiger partial charge in [0.2, 0.25) is 0 Å². The SMILES string of the molecule is CC[C@@H](c1ccccc1)n1cc(C(=O)O)cc1-c1cc(F)ccc1OC. The summed E-state index contributed by atoms with van der Waals surface area (Å²) < 4.78 is 21.1. The van der Waals surface area contributed by atoms with E-state index in [2.05, 4.69) is 0 Å². The molecule has 3 rings (SSSR count). The van der Waals surface area contributed by atoms with Crippen molar-refractivity contribution in [2.75, 3.05) is 7.11 Å². The number of methoxy groups -OCH3 is 1. The van der Waals surface area contributed by atoms with Crippen LogP contribution in [0.25, 0.3) is 11.3 Å². The van der Waals surface area contributed by atoms with Crippen LogP contribution < -0.4 is 4.74 Å². The van der Waals surface area contributed by atoms with Gasteiger partial charge in [-0.05, 0) is 36.2 Å². The highest BCUT2D eigenvalue weighted by atomic mass is 19.1. The van der Waals surface area contributed by atoms with Crippen molar-refractivity contribution in [3.05, 3.63) is 77.7 Å². The molecule has 1 atom stereocenters. The number of benzene rings is 2. The number of carboxylic acid groups (broad SMARTS) is 1. The average molecular weight is 353 g/mol. The summed E-state index contributed by atoms with van der Waals surface area (Å²) in [6.07, 6.45) is 2.35. The summed E-state index contributed by atoms with van der Waals surface area (Å²) in [5, 5.41) is 9.46. The number of halogens is 1. The summed E-state index contributed by atoms with van der Waals surface area (Å²) in [5.74, 6) is -0.938. The van der Waals surface area contributed by atoms with E-state index in [-0.39, 0.29) is 11.6 Å². The summed E-state index contributed by atoms with van der Waals surface area (Å²) in [6, 6.07) is 15.6. The van der Waals surface area contributed by atoms with E-state index in [0.717, 1.165) is 12.0 Å². The number of carboxylic acids is 1. The smallest absolute Gasteiger partial charge is 0.337 e. The van der Waals surface area contributed by atoms with Gasteiger partial charge in [-0.2, -0.15) is 0 Å². The average Bonchev–Trinajstić information content (AvgIpc) is 3.08. The van der Waals surface area contributed by atoms with Gasteiger partial charge in [-0.25, -0.2) is 9.18 Å². The summed E-state index contributed by atoms with van der Waals surface area (Å²) in [5.41, 5.74) is 2.34. The highest BCUT2D eigenvalue weighted by Crippen LogP contribution is 2.36. The van der Waals surface area contributed by atoms with Gasteiger partial charge in [-0.1, -0.05) is 37.3 Å². The zero-order valence-corrected chi connectivity index (χ0v) is 14.6. The molecule has 0 aliphatic heterocycles. The van der Waals surface area contributed by atoms with Gasteiger partial charge in [0.05, 0.1) is 24.4 Å². The molecule has 1 heterocycles. The van der Waals surface area contributed by atoms with Crippen LogP contribution in [0.15, 0.2) is 60.8 Å². The number of nitrogens with zero attached hydrogens (tertiary/aromatic N) is 1. The summed E-state index contributed by atoms with van der Waals surface area (Å²) in [7, 11) is 1.51. The van der Waals surface area contributed by atoms with Crippen LogP contribution >= 0.6 is 0 Å². The lowest BCUT2D eigenvalue weighted by Crippen LogP contribution is -2.10. The van der Waals surface area contributed by atoms with E-state index < -0.39 is 11.8 Å². The Morgan fingerprint density at radius 3 is 2.54 bits per heavy atom. The van der Waals surface area contributed by atoms with Crippen molar-refractivity contribution < 1.29 is 19.0 Å². The number of hydrogen-bond donors (Lipinski definition) is 1. The van der Waals surface area contributed by atoms with Crippen molar-refractivity contribution in [1.29, 1.82) is 0 Å². The first-order valence-electron chi connectivity index (χ1n) is 8.39. The van der Waals surface area contributed by atoms with E-state index in [0.29, 0.717) is 17.0 Å². The van der Waals surface area contributed by atoms with Crippen LogP contribution in [0, 0.1) is 5.82 Å². The molecular weight excluding hydrogens is 333 g/mol. The maximum Gasteiger partial charge on any atom is 0.337 e. The first kappa shape index (κ1) is 17.7. The number of ether oxygens (including phenoxy) is 1. The molecule has 26 heavy (non-hydrogen) atoms. The topological polar surface area (TPSA) is 51.5 Å². The zero-order valence-electron chi connectivity index (χ0n) is 14.6. The van der Waals surface area contributed by atoms with E-state index in [1.54, 1.807) is 18.3 Å². The third-order valence-electron chi connectivity index (χ3n) is 4.44. The normalized spacial score (nSPS) is 12.0. The molecule has 3 aromatic rings. The Morgan fingerprint density at radius 2 is 1.92 bits per heavy atom. The Labute approximate surface area is 151 Å². The van der Waals surface area contributed by atoms with Crippen LogP contribution in [-0.2, 0) is 0 Å². The van der Waals surface area contributed by atoms with Crippen molar-refractivity contribution >= 4 is 5.97 Å². The molecule has 1 aromatic heterocycles. The second kappa shape index (κ2) is 7.44. The van der Waals surface area contributed by atoms with E-state index in [9.17, 15) is 14.3 Å². The fourth-order valence-corrected chi connectivity index (χ4v) is 3.22. The maximum absolute atomic E-state index is 13.9.